The zero-order valence-electron chi connectivity index (χ0n) is 18.2. The predicted octanol–water partition coefficient (Wildman–Crippen LogP) is 3.13. The standard InChI is InChI=1S/C22H23FN6O3S/c1-14-5-6-16(12-18(14)23)20-26-22(32-27-20)15(2)28-8-10-29(11-9-28)33(30,31)19-13-25-21-17(19)4-3-7-24-21/h3-7,12-13,15H,8-11H2,1-2H3,(H,24,25). The minimum Gasteiger partial charge on any atom is -0.345 e. The average molecular weight is 471 g/mol. The summed E-state index contributed by atoms with van der Waals surface area (Å²) in [4.78, 5) is 13.9. The van der Waals surface area contributed by atoms with Crippen LogP contribution < -0.4 is 0 Å². The number of fused-ring (bicyclic) bond motifs is 1. The molecule has 5 rings (SSSR count). The van der Waals surface area contributed by atoms with Crippen LogP contribution in [-0.4, -0.2) is 63.9 Å². The molecule has 1 saturated heterocycles. The first kappa shape index (κ1) is 21.7. The Morgan fingerprint density at radius 1 is 1.18 bits per heavy atom. The zero-order chi connectivity index (χ0) is 23.2. The third-order valence-corrected chi connectivity index (χ3v) is 8.02. The van der Waals surface area contributed by atoms with Crippen LogP contribution in [0.5, 0.6) is 0 Å². The summed E-state index contributed by atoms with van der Waals surface area (Å²) in [6.07, 6.45) is 3.11. The molecule has 1 aliphatic heterocycles. The number of nitrogens with zero attached hydrogens (tertiary/aromatic N) is 5. The van der Waals surface area contributed by atoms with E-state index in [2.05, 4.69) is 25.0 Å². The Morgan fingerprint density at radius 3 is 2.73 bits per heavy atom. The Balaban J connectivity index is 1.28. The summed E-state index contributed by atoms with van der Waals surface area (Å²) in [5.41, 5.74) is 1.64. The number of aromatic nitrogens is 4. The van der Waals surface area contributed by atoms with Crippen LogP contribution in [0.4, 0.5) is 4.39 Å². The number of H-pyrrole nitrogens is 1. The highest BCUT2D eigenvalue weighted by Gasteiger charge is 2.33. The fraction of sp³-hybridized carbons (Fsp3) is 0.318. The lowest BCUT2D eigenvalue weighted by Crippen LogP contribution is -2.49. The molecule has 3 aromatic heterocycles. The molecule has 11 heteroatoms. The molecule has 1 aromatic carbocycles. The lowest BCUT2D eigenvalue weighted by molar-refractivity contribution is 0.124. The molecule has 4 heterocycles. The zero-order valence-corrected chi connectivity index (χ0v) is 19.0. The van der Waals surface area contributed by atoms with Crippen LogP contribution in [0.15, 0.2) is 52.1 Å². The molecule has 0 spiro atoms. The van der Waals surface area contributed by atoms with Crippen molar-refractivity contribution in [1.29, 1.82) is 0 Å². The second kappa shape index (κ2) is 8.32. The van der Waals surface area contributed by atoms with Gasteiger partial charge in [-0.2, -0.15) is 9.29 Å². The average Bonchev–Trinajstić information content (AvgIpc) is 3.48. The number of nitrogens with one attached hydrogen (secondary N) is 1. The minimum absolute atomic E-state index is 0.205. The Morgan fingerprint density at radius 2 is 1.97 bits per heavy atom. The molecule has 0 radical (unpaired) electrons. The highest BCUT2D eigenvalue weighted by Crippen LogP contribution is 2.28. The van der Waals surface area contributed by atoms with Gasteiger partial charge in [-0.25, -0.2) is 17.8 Å². The second-order valence-electron chi connectivity index (χ2n) is 8.09. The van der Waals surface area contributed by atoms with Crippen LogP contribution in [0.2, 0.25) is 0 Å². The van der Waals surface area contributed by atoms with E-state index in [4.69, 9.17) is 4.52 Å². The Labute approximate surface area is 190 Å². The number of rotatable bonds is 5. The van der Waals surface area contributed by atoms with Gasteiger partial charge in [-0.1, -0.05) is 17.3 Å². The number of aromatic amines is 1. The lowest BCUT2D eigenvalue weighted by Gasteiger charge is -2.35. The van der Waals surface area contributed by atoms with Crippen LogP contribution in [0.25, 0.3) is 22.4 Å². The molecular weight excluding hydrogens is 447 g/mol. The van der Waals surface area contributed by atoms with Gasteiger partial charge in [0.1, 0.15) is 16.4 Å². The van der Waals surface area contributed by atoms with E-state index in [-0.39, 0.29) is 16.8 Å². The van der Waals surface area contributed by atoms with Gasteiger partial charge in [-0.3, -0.25) is 4.90 Å². The molecule has 4 aromatic rings. The van der Waals surface area contributed by atoms with Crippen molar-refractivity contribution in [2.75, 3.05) is 26.2 Å². The van der Waals surface area contributed by atoms with Gasteiger partial charge in [0.15, 0.2) is 0 Å². The number of benzene rings is 1. The Bertz CT molecular complexity index is 1410. The SMILES string of the molecule is Cc1ccc(-c2noc(C(C)N3CCN(S(=O)(=O)c4c[nH]c5ncccc45)CC3)n2)cc1F. The molecule has 172 valence electrons. The summed E-state index contributed by atoms with van der Waals surface area (Å²) in [6, 6.07) is 8.08. The van der Waals surface area contributed by atoms with Crippen molar-refractivity contribution in [2.24, 2.45) is 0 Å². The third kappa shape index (κ3) is 3.92. The Hall–Kier alpha value is -3.15. The van der Waals surface area contributed by atoms with Crippen molar-refractivity contribution in [1.82, 2.24) is 29.3 Å². The molecule has 0 saturated carbocycles. The summed E-state index contributed by atoms with van der Waals surface area (Å²) < 4.78 is 47.2. The van der Waals surface area contributed by atoms with Crippen LogP contribution in [0.3, 0.4) is 0 Å². The number of piperazine rings is 1. The summed E-state index contributed by atoms with van der Waals surface area (Å²) in [7, 11) is -3.65. The summed E-state index contributed by atoms with van der Waals surface area (Å²) in [5.74, 6) is 0.408. The van der Waals surface area contributed by atoms with Gasteiger partial charge in [0, 0.05) is 49.5 Å². The minimum atomic E-state index is -3.65. The van der Waals surface area contributed by atoms with E-state index >= 15 is 0 Å². The first-order chi connectivity index (χ1) is 15.8. The van der Waals surface area contributed by atoms with Gasteiger partial charge in [-0.05, 0) is 37.6 Å². The van der Waals surface area contributed by atoms with Gasteiger partial charge >= 0.3 is 0 Å². The first-order valence-electron chi connectivity index (χ1n) is 10.6. The van der Waals surface area contributed by atoms with E-state index < -0.39 is 10.0 Å². The van der Waals surface area contributed by atoms with Gasteiger partial charge < -0.3 is 9.51 Å². The van der Waals surface area contributed by atoms with E-state index in [1.54, 1.807) is 37.4 Å². The van der Waals surface area contributed by atoms with E-state index in [0.29, 0.717) is 60.1 Å². The van der Waals surface area contributed by atoms with Gasteiger partial charge in [0.2, 0.25) is 21.7 Å². The predicted molar refractivity (Wildman–Crippen MR) is 119 cm³/mol. The monoisotopic (exact) mass is 470 g/mol. The summed E-state index contributed by atoms with van der Waals surface area (Å²) >= 11 is 0. The molecule has 1 atom stereocenters. The molecule has 0 bridgehead atoms. The largest absolute Gasteiger partial charge is 0.345 e. The molecule has 0 amide bonds. The van der Waals surface area contributed by atoms with Crippen LogP contribution in [-0.2, 0) is 10.0 Å². The molecule has 9 nitrogen and oxygen atoms in total. The quantitative estimate of drug-likeness (QED) is 0.477. The maximum Gasteiger partial charge on any atom is 0.245 e. The molecule has 0 aliphatic carbocycles. The highest BCUT2D eigenvalue weighted by molar-refractivity contribution is 7.89. The number of sulfonamides is 1. The highest BCUT2D eigenvalue weighted by atomic mass is 32.2. The summed E-state index contributed by atoms with van der Waals surface area (Å²) in [5, 5.41) is 4.58. The smallest absolute Gasteiger partial charge is 0.245 e. The van der Waals surface area contributed by atoms with Gasteiger partial charge in [-0.15, -0.1) is 0 Å². The van der Waals surface area contributed by atoms with Crippen LogP contribution in [0, 0.1) is 12.7 Å². The van der Waals surface area contributed by atoms with Crippen molar-refractivity contribution < 1.29 is 17.3 Å². The van der Waals surface area contributed by atoms with E-state index in [1.807, 2.05) is 6.92 Å². The molecule has 1 N–H and O–H groups in total. The lowest BCUT2D eigenvalue weighted by atomic mass is 10.1. The van der Waals surface area contributed by atoms with Crippen molar-refractivity contribution in [3.05, 3.63) is 60.0 Å². The van der Waals surface area contributed by atoms with E-state index in [9.17, 15) is 12.8 Å². The molecule has 1 aliphatic rings. The van der Waals surface area contributed by atoms with Crippen molar-refractivity contribution in [2.45, 2.75) is 24.8 Å². The van der Waals surface area contributed by atoms with Gasteiger partial charge in [0.05, 0.1) is 6.04 Å². The normalized spacial score (nSPS) is 16.9. The fourth-order valence-corrected chi connectivity index (χ4v) is 5.60. The molecule has 1 fully saturated rings. The van der Waals surface area contributed by atoms with Crippen LogP contribution >= 0.6 is 0 Å². The van der Waals surface area contributed by atoms with Crippen molar-refractivity contribution in [3.63, 3.8) is 0 Å². The molecule has 1 unspecified atom stereocenters. The van der Waals surface area contributed by atoms with E-state index in [0.717, 1.165) is 0 Å². The first-order valence-corrected chi connectivity index (χ1v) is 12.0. The van der Waals surface area contributed by atoms with Crippen molar-refractivity contribution in [3.8, 4) is 11.4 Å². The maximum absolute atomic E-state index is 13.9. The molecular formula is C22H23FN6O3S. The van der Waals surface area contributed by atoms with Gasteiger partial charge in [0.25, 0.3) is 0 Å². The maximum atomic E-state index is 13.9. The Kier molecular flexibility index (Phi) is 5.47. The molecule has 33 heavy (non-hydrogen) atoms. The van der Waals surface area contributed by atoms with E-state index in [1.165, 1.54) is 16.6 Å². The number of hydrogen-bond acceptors (Lipinski definition) is 7. The summed E-state index contributed by atoms with van der Waals surface area (Å²) in [6.45, 7) is 5.32. The number of aryl methyl sites for hydroxylation is 1. The number of hydrogen-bond donors (Lipinski definition) is 1. The number of halogens is 1. The number of pyridine rings is 1. The topological polar surface area (TPSA) is 108 Å². The van der Waals surface area contributed by atoms with Crippen molar-refractivity contribution >= 4 is 21.1 Å². The second-order valence-corrected chi connectivity index (χ2v) is 10.00. The van der Waals surface area contributed by atoms with Crippen LogP contribution in [0.1, 0.15) is 24.4 Å². The third-order valence-electron chi connectivity index (χ3n) is 6.08. The fourth-order valence-electron chi connectivity index (χ4n) is 4.02.